The van der Waals surface area contributed by atoms with Crippen molar-refractivity contribution >= 4 is 23.3 Å². The Kier molecular flexibility index (Phi) is 6.42. The van der Waals surface area contributed by atoms with Gasteiger partial charge in [-0.1, -0.05) is 0 Å². The molecule has 3 N–H and O–H groups in total. The van der Waals surface area contributed by atoms with Crippen LogP contribution in [-0.4, -0.2) is 43.2 Å². The van der Waals surface area contributed by atoms with E-state index in [0.29, 0.717) is 19.4 Å². The lowest BCUT2D eigenvalue weighted by Gasteiger charge is -2.09. The molecule has 0 saturated carbocycles. The molecule has 0 atom stereocenters. The lowest BCUT2D eigenvalue weighted by Crippen LogP contribution is -2.28. The number of aryl methyl sites for hydroxylation is 2. The second kappa shape index (κ2) is 9.37. The number of anilines is 1. The number of nitro groups is 1. The Balaban J connectivity index is 1.59. The number of hydrogen-bond donors (Lipinski definition) is 3. The van der Waals surface area contributed by atoms with Crippen LogP contribution >= 0.6 is 0 Å². The number of nitrogens with one attached hydrogen (secondary N) is 3. The molecule has 30 heavy (non-hydrogen) atoms. The molecule has 0 bridgehead atoms. The van der Waals surface area contributed by atoms with Crippen molar-refractivity contribution in [3.63, 3.8) is 0 Å². The van der Waals surface area contributed by atoms with Crippen molar-refractivity contribution in [2.24, 2.45) is 0 Å². The Hall–Kier alpha value is -4.15. The highest BCUT2D eigenvalue weighted by atomic mass is 16.6. The summed E-state index contributed by atoms with van der Waals surface area (Å²) in [7, 11) is 0. The predicted molar refractivity (Wildman–Crippen MR) is 107 cm³/mol. The minimum Gasteiger partial charge on any atom is -0.351 e. The summed E-state index contributed by atoms with van der Waals surface area (Å²) in [6, 6.07) is 5.08. The molecule has 0 aliphatic rings. The zero-order chi connectivity index (χ0) is 21.5. The van der Waals surface area contributed by atoms with Gasteiger partial charge < -0.3 is 15.6 Å². The Bertz CT molecular complexity index is 1060. The van der Waals surface area contributed by atoms with Gasteiger partial charge in [-0.25, -0.2) is 15.0 Å². The Morgan fingerprint density at radius 2 is 1.83 bits per heavy atom. The first-order chi connectivity index (χ1) is 14.4. The van der Waals surface area contributed by atoms with Gasteiger partial charge in [-0.05, 0) is 25.5 Å². The van der Waals surface area contributed by atoms with E-state index in [1.165, 1.54) is 36.7 Å². The maximum absolute atomic E-state index is 12.5. The average molecular weight is 409 g/mol. The van der Waals surface area contributed by atoms with Crippen LogP contribution in [0.4, 0.5) is 11.5 Å². The third-order valence-corrected chi connectivity index (χ3v) is 4.12. The van der Waals surface area contributed by atoms with E-state index in [9.17, 15) is 19.7 Å². The van der Waals surface area contributed by atoms with Gasteiger partial charge in [-0.3, -0.25) is 19.7 Å². The van der Waals surface area contributed by atoms with Crippen LogP contribution in [0.5, 0.6) is 0 Å². The number of aromatic amines is 1. The second-order valence-corrected chi connectivity index (χ2v) is 6.38. The van der Waals surface area contributed by atoms with Crippen LogP contribution in [0, 0.1) is 17.0 Å². The molecule has 0 radical (unpaired) electrons. The van der Waals surface area contributed by atoms with E-state index in [1.54, 1.807) is 6.20 Å². The largest absolute Gasteiger partial charge is 0.351 e. The Morgan fingerprint density at radius 1 is 1.10 bits per heavy atom. The van der Waals surface area contributed by atoms with E-state index in [0.717, 1.165) is 11.5 Å². The van der Waals surface area contributed by atoms with E-state index >= 15 is 0 Å². The van der Waals surface area contributed by atoms with Gasteiger partial charge in [0.25, 0.3) is 17.5 Å². The molecule has 0 aliphatic carbocycles. The number of carbonyl (C=O) groups is 2. The van der Waals surface area contributed by atoms with Gasteiger partial charge >= 0.3 is 0 Å². The van der Waals surface area contributed by atoms with E-state index < -0.39 is 16.7 Å². The standard InChI is InChI=1S/C19H19N7O4/c1-12-11-23-15(24-12)3-2-8-22-19(28)16-17(21-10-9-20-16)25-18(27)13-4-6-14(7-5-13)26(29)30/h4-7,9-11H,2-3,8H2,1H3,(H,22,28)(H,23,24)(H,21,25,27). The lowest BCUT2D eigenvalue weighted by molar-refractivity contribution is -0.384. The van der Waals surface area contributed by atoms with Crippen molar-refractivity contribution in [3.8, 4) is 0 Å². The van der Waals surface area contributed by atoms with Crippen molar-refractivity contribution in [3.05, 3.63) is 75.7 Å². The van der Waals surface area contributed by atoms with Gasteiger partial charge in [0.1, 0.15) is 5.82 Å². The van der Waals surface area contributed by atoms with Gasteiger partial charge in [0.15, 0.2) is 11.5 Å². The maximum atomic E-state index is 12.5. The fraction of sp³-hybridized carbons (Fsp3) is 0.211. The Labute approximate surface area is 171 Å². The van der Waals surface area contributed by atoms with Crippen LogP contribution in [-0.2, 0) is 6.42 Å². The number of nitro benzene ring substituents is 1. The summed E-state index contributed by atoms with van der Waals surface area (Å²) in [5.41, 5.74) is 1.01. The van der Waals surface area contributed by atoms with Crippen LogP contribution in [0.15, 0.2) is 42.9 Å². The summed E-state index contributed by atoms with van der Waals surface area (Å²) in [6.07, 6.45) is 5.79. The normalized spacial score (nSPS) is 10.4. The fourth-order valence-corrected chi connectivity index (χ4v) is 2.65. The first kappa shape index (κ1) is 20.6. The van der Waals surface area contributed by atoms with E-state index in [-0.39, 0.29) is 22.8 Å². The first-order valence-corrected chi connectivity index (χ1v) is 9.09. The summed E-state index contributed by atoms with van der Waals surface area (Å²) in [6.45, 7) is 2.31. The third kappa shape index (κ3) is 5.22. The number of benzene rings is 1. The Morgan fingerprint density at radius 3 is 2.50 bits per heavy atom. The number of H-pyrrole nitrogens is 1. The summed E-state index contributed by atoms with van der Waals surface area (Å²) < 4.78 is 0. The average Bonchev–Trinajstić information content (AvgIpc) is 3.16. The summed E-state index contributed by atoms with van der Waals surface area (Å²) >= 11 is 0. The molecule has 3 rings (SSSR count). The molecule has 3 aromatic rings. The zero-order valence-corrected chi connectivity index (χ0v) is 16.1. The smallest absolute Gasteiger partial charge is 0.273 e. The van der Waals surface area contributed by atoms with Gasteiger partial charge in [0.05, 0.1) is 4.92 Å². The highest BCUT2D eigenvalue weighted by molar-refractivity contribution is 6.07. The van der Waals surface area contributed by atoms with Gasteiger partial charge in [0.2, 0.25) is 0 Å². The topological polar surface area (TPSA) is 156 Å². The monoisotopic (exact) mass is 409 g/mol. The van der Waals surface area contributed by atoms with E-state index in [1.807, 2.05) is 6.92 Å². The maximum Gasteiger partial charge on any atom is 0.273 e. The highest BCUT2D eigenvalue weighted by Crippen LogP contribution is 2.14. The molecule has 2 heterocycles. The van der Waals surface area contributed by atoms with Crippen LogP contribution in [0.3, 0.4) is 0 Å². The van der Waals surface area contributed by atoms with Crippen molar-refractivity contribution in [1.29, 1.82) is 0 Å². The highest BCUT2D eigenvalue weighted by Gasteiger charge is 2.17. The van der Waals surface area contributed by atoms with Crippen LogP contribution in [0.1, 0.15) is 38.8 Å². The number of aromatic nitrogens is 4. The summed E-state index contributed by atoms with van der Waals surface area (Å²) in [5, 5.41) is 16.0. The number of rotatable bonds is 8. The van der Waals surface area contributed by atoms with Crippen molar-refractivity contribution in [2.75, 3.05) is 11.9 Å². The summed E-state index contributed by atoms with van der Waals surface area (Å²) in [4.78, 5) is 50.4. The number of imidazole rings is 1. The molecule has 2 amide bonds. The molecule has 154 valence electrons. The number of amides is 2. The molecular weight excluding hydrogens is 390 g/mol. The molecule has 0 fully saturated rings. The second-order valence-electron chi connectivity index (χ2n) is 6.38. The molecule has 0 unspecified atom stereocenters. The molecule has 11 nitrogen and oxygen atoms in total. The number of hydrogen-bond acceptors (Lipinski definition) is 7. The molecule has 1 aromatic carbocycles. The van der Waals surface area contributed by atoms with Gasteiger partial charge in [0, 0.05) is 54.9 Å². The SMILES string of the molecule is Cc1cnc(CCCNC(=O)c2nccnc2NC(=O)c2ccc([N+](=O)[O-])cc2)[nH]1. The molecular formula is C19H19N7O4. The van der Waals surface area contributed by atoms with Gasteiger partial charge in [-0.2, -0.15) is 0 Å². The molecule has 11 heteroatoms. The molecule has 0 aliphatic heterocycles. The van der Waals surface area contributed by atoms with Crippen molar-refractivity contribution in [2.45, 2.75) is 19.8 Å². The quantitative estimate of drug-likeness (QED) is 0.292. The predicted octanol–water partition coefficient (Wildman–Crippen LogP) is 2.03. The van der Waals surface area contributed by atoms with Crippen molar-refractivity contribution in [1.82, 2.24) is 25.3 Å². The number of carbonyl (C=O) groups excluding carboxylic acids is 2. The fourth-order valence-electron chi connectivity index (χ4n) is 2.65. The molecule has 0 saturated heterocycles. The molecule has 2 aromatic heterocycles. The van der Waals surface area contributed by atoms with Crippen LogP contribution < -0.4 is 10.6 Å². The van der Waals surface area contributed by atoms with Gasteiger partial charge in [-0.15, -0.1) is 0 Å². The third-order valence-electron chi connectivity index (χ3n) is 4.12. The van der Waals surface area contributed by atoms with Crippen LogP contribution in [0.2, 0.25) is 0 Å². The lowest BCUT2D eigenvalue weighted by atomic mass is 10.2. The summed E-state index contributed by atoms with van der Waals surface area (Å²) in [5.74, 6) is -0.192. The zero-order valence-electron chi connectivity index (χ0n) is 16.1. The first-order valence-electron chi connectivity index (χ1n) is 9.09. The van der Waals surface area contributed by atoms with Crippen LogP contribution in [0.25, 0.3) is 0 Å². The van der Waals surface area contributed by atoms with E-state index in [4.69, 9.17) is 0 Å². The van der Waals surface area contributed by atoms with Crippen molar-refractivity contribution < 1.29 is 14.5 Å². The van der Waals surface area contributed by atoms with E-state index in [2.05, 4.69) is 30.6 Å². The molecule has 0 spiro atoms. The number of non-ortho nitro benzene ring substituents is 1. The minimum atomic E-state index is -0.562. The number of nitrogens with zero attached hydrogens (tertiary/aromatic N) is 4. The minimum absolute atomic E-state index is 0.0000113.